The molecule has 0 aliphatic rings. The Morgan fingerprint density at radius 3 is 2.50 bits per heavy atom. The van der Waals surface area contributed by atoms with Crippen molar-refractivity contribution >= 4 is 16.9 Å². The molecule has 2 aromatic carbocycles. The number of halogens is 1. The van der Waals surface area contributed by atoms with Crippen LogP contribution in [0.25, 0.3) is 10.9 Å². The monoisotopic (exact) mass is 353 g/mol. The molecule has 0 fully saturated rings. The number of aromatic nitrogens is 1. The smallest absolute Gasteiger partial charge is 0.340 e. The number of ether oxygens (including phenoxy) is 1. The standard InChI is InChI=1S/C21H21FN2O2/c1-14-17-6-4-5-7-18(17)23-19(20(14)21(25)26-3)13-24(2)12-15-8-10-16(22)11-9-15/h4-11H,12-13H2,1-3H3/p+1. The summed E-state index contributed by atoms with van der Waals surface area (Å²) in [6.07, 6.45) is 0. The van der Waals surface area contributed by atoms with E-state index in [1.54, 1.807) is 12.1 Å². The normalized spacial score (nSPS) is 12.2. The second-order valence-electron chi connectivity index (χ2n) is 6.50. The Hall–Kier alpha value is -2.79. The largest absolute Gasteiger partial charge is 0.465 e. The van der Waals surface area contributed by atoms with Gasteiger partial charge >= 0.3 is 5.97 Å². The molecule has 1 aromatic heterocycles. The van der Waals surface area contributed by atoms with Crippen LogP contribution in [0.15, 0.2) is 48.5 Å². The van der Waals surface area contributed by atoms with E-state index < -0.39 is 0 Å². The van der Waals surface area contributed by atoms with E-state index in [9.17, 15) is 9.18 Å². The van der Waals surface area contributed by atoms with Crippen molar-refractivity contribution in [1.82, 2.24) is 4.98 Å². The lowest BCUT2D eigenvalue weighted by Gasteiger charge is -2.17. The molecule has 0 radical (unpaired) electrons. The molecule has 0 amide bonds. The zero-order valence-corrected chi connectivity index (χ0v) is 15.2. The number of esters is 1. The number of benzene rings is 2. The van der Waals surface area contributed by atoms with Gasteiger partial charge in [-0.1, -0.05) is 30.3 Å². The summed E-state index contributed by atoms with van der Waals surface area (Å²) in [5, 5.41) is 0.952. The number of methoxy groups -OCH3 is 1. The van der Waals surface area contributed by atoms with Crippen molar-refractivity contribution in [3.8, 4) is 0 Å². The molecule has 4 nitrogen and oxygen atoms in total. The highest BCUT2D eigenvalue weighted by molar-refractivity contribution is 5.98. The van der Waals surface area contributed by atoms with Crippen molar-refractivity contribution in [2.75, 3.05) is 14.2 Å². The van der Waals surface area contributed by atoms with Gasteiger partial charge < -0.3 is 9.64 Å². The first kappa shape index (κ1) is 18.0. The number of para-hydroxylation sites is 1. The fraction of sp³-hybridized carbons (Fsp3) is 0.238. The molecule has 134 valence electrons. The van der Waals surface area contributed by atoms with Crippen LogP contribution in [0.4, 0.5) is 4.39 Å². The molecule has 3 aromatic rings. The second-order valence-corrected chi connectivity index (χ2v) is 6.50. The summed E-state index contributed by atoms with van der Waals surface area (Å²) in [6.45, 7) is 3.19. The van der Waals surface area contributed by atoms with Crippen LogP contribution < -0.4 is 4.90 Å². The highest BCUT2D eigenvalue weighted by Gasteiger charge is 2.21. The molecule has 5 heteroatoms. The molecular weight excluding hydrogens is 331 g/mol. The van der Waals surface area contributed by atoms with Crippen molar-refractivity contribution in [1.29, 1.82) is 0 Å². The number of fused-ring (bicyclic) bond motifs is 1. The summed E-state index contributed by atoms with van der Waals surface area (Å²) in [4.78, 5) is 18.2. The number of hydrogen-bond acceptors (Lipinski definition) is 3. The van der Waals surface area contributed by atoms with E-state index in [0.717, 1.165) is 26.9 Å². The molecule has 3 rings (SSSR count). The first-order chi connectivity index (χ1) is 12.5. The maximum Gasteiger partial charge on any atom is 0.340 e. The van der Waals surface area contributed by atoms with Crippen LogP contribution in [0.1, 0.15) is 27.2 Å². The van der Waals surface area contributed by atoms with Gasteiger partial charge in [-0.25, -0.2) is 14.2 Å². The Balaban J connectivity index is 1.94. The van der Waals surface area contributed by atoms with E-state index in [-0.39, 0.29) is 11.8 Å². The third-order valence-corrected chi connectivity index (χ3v) is 4.50. The zero-order chi connectivity index (χ0) is 18.7. The number of quaternary nitrogens is 1. The van der Waals surface area contributed by atoms with Crippen LogP contribution in [0.3, 0.4) is 0 Å². The number of carbonyl (C=O) groups is 1. The molecule has 0 bridgehead atoms. The molecule has 1 heterocycles. The van der Waals surface area contributed by atoms with Gasteiger partial charge in [0.2, 0.25) is 0 Å². The van der Waals surface area contributed by atoms with Gasteiger partial charge in [-0.3, -0.25) is 0 Å². The first-order valence-corrected chi connectivity index (χ1v) is 8.52. The van der Waals surface area contributed by atoms with Crippen molar-refractivity contribution in [3.05, 3.63) is 76.7 Å². The van der Waals surface area contributed by atoms with E-state index >= 15 is 0 Å². The molecule has 1 N–H and O–H groups in total. The fourth-order valence-electron chi connectivity index (χ4n) is 3.24. The molecule has 1 atom stereocenters. The summed E-state index contributed by atoms with van der Waals surface area (Å²) in [7, 11) is 3.41. The van der Waals surface area contributed by atoms with Gasteiger partial charge in [-0.15, -0.1) is 0 Å². The number of hydrogen-bond donors (Lipinski definition) is 1. The van der Waals surface area contributed by atoms with E-state index in [4.69, 9.17) is 9.72 Å². The van der Waals surface area contributed by atoms with E-state index in [1.165, 1.54) is 19.2 Å². The minimum absolute atomic E-state index is 0.244. The van der Waals surface area contributed by atoms with Crippen molar-refractivity contribution < 1.29 is 18.8 Å². The number of aryl methyl sites for hydroxylation is 1. The van der Waals surface area contributed by atoms with Gasteiger partial charge in [0, 0.05) is 10.9 Å². The SMILES string of the molecule is COC(=O)c1c(C[NH+](C)Cc2ccc(F)cc2)nc2ccccc2c1C. The lowest BCUT2D eigenvalue weighted by molar-refractivity contribution is -0.908. The molecule has 0 aliphatic carbocycles. The van der Waals surface area contributed by atoms with Crippen LogP contribution in [0.5, 0.6) is 0 Å². The Kier molecular flexibility index (Phi) is 5.28. The van der Waals surface area contributed by atoms with Crippen LogP contribution in [0.2, 0.25) is 0 Å². The highest BCUT2D eigenvalue weighted by Crippen LogP contribution is 2.23. The number of rotatable bonds is 5. The van der Waals surface area contributed by atoms with Gasteiger partial charge in [0.05, 0.1) is 25.2 Å². The highest BCUT2D eigenvalue weighted by atomic mass is 19.1. The molecule has 26 heavy (non-hydrogen) atoms. The first-order valence-electron chi connectivity index (χ1n) is 8.52. The number of pyridine rings is 1. The molecule has 0 spiro atoms. The zero-order valence-electron chi connectivity index (χ0n) is 15.2. The summed E-state index contributed by atoms with van der Waals surface area (Å²) < 4.78 is 18.1. The number of nitrogens with one attached hydrogen (secondary N) is 1. The third-order valence-electron chi connectivity index (χ3n) is 4.50. The van der Waals surface area contributed by atoms with Crippen molar-refractivity contribution in [3.63, 3.8) is 0 Å². The van der Waals surface area contributed by atoms with Gasteiger partial charge in [0.15, 0.2) is 0 Å². The number of carbonyl (C=O) groups excluding carboxylic acids is 1. The summed E-state index contributed by atoms with van der Waals surface area (Å²) in [6, 6.07) is 14.3. The lowest BCUT2D eigenvalue weighted by atomic mass is 10.0. The van der Waals surface area contributed by atoms with Gasteiger partial charge in [0.25, 0.3) is 0 Å². The molecule has 1 unspecified atom stereocenters. The van der Waals surface area contributed by atoms with Crippen LogP contribution >= 0.6 is 0 Å². The minimum Gasteiger partial charge on any atom is -0.465 e. The summed E-state index contributed by atoms with van der Waals surface area (Å²) in [5.41, 5.74) is 4.02. The van der Waals surface area contributed by atoms with Crippen molar-refractivity contribution in [2.24, 2.45) is 0 Å². The second kappa shape index (κ2) is 7.62. The van der Waals surface area contributed by atoms with Crippen LogP contribution in [-0.4, -0.2) is 25.1 Å². The Morgan fingerprint density at radius 1 is 1.12 bits per heavy atom. The van der Waals surface area contributed by atoms with Gasteiger partial charge in [-0.05, 0) is 30.7 Å². The third kappa shape index (κ3) is 3.73. The molecule has 0 saturated carbocycles. The molecule has 0 aliphatic heterocycles. The Labute approximate surface area is 152 Å². The van der Waals surface area contributed by atoms with Crippen LogP contribution in [-0.2, 0) is 17.8 Å². The van der Waals surface area contributed by atoms with Crippen LogP contribution in [0, 0.1) is 12.7 Å². The predicted molar refractivity (Wildman–Crippen MR) is 98.5 cm³/mol. The molecule has 0 saturated heterocycles. The average molecular weight is 353 g/mol. The molecular formula is C21H22FN2O2+. The van der Waals surface area contributed by atoms with E-state index in [0.29, 0.717) is 24.3 Å². The Bertz CT molecular complexity index is 939. The van der Waals surface area contributed by atoms with E-state index in [2.05, 4.69) is 0 Å². The maximum absolute atomic E-state index is 13.1. The average Bonchev–Trinajstić information content (AvgIpc) is 2.63. The lowest BCUT2D eigenvalue weighted by Crippen LogP contribution is -3.06. The summed E-state index contributed by atoms with van der Waals surface area (Å²) in [5.74, 6) is -0.614. The quantitative estimate of drug-likeness (QED) is 0.717. The topological polar surface area (TPSA) is 43.6 Å². The van der Waals surface area contributed by atoms with Crippen molar-refractivity contribution in [2.45, 2.75) is 20.0 Å². The minimum atomic E-state index is -0.370. The summed E-state index contributed by atoms with van der Waals surface area (Å²) >= 11 is 0. The van der Waals surface area contributed by atoms with Gasteiger partial charge in [-0.2, -0.15) is 0 Å². The van der Waals surface area contributed by atoms with E-state index in [1.807, 2.05) is 38.2 Å². The Morgan fingerprint density at radius 2 is 1.81 bits per heavy atom. The predicted octanol–water partition coefficient (Wildman–Crippen LogP) is 2.68. The maximum atomic E-state index is 13.1. The number of nitrogens with zero attached hydrogens (tertiary/aromatic N) is 1. The van der Waals surface area contributed by atoms with Gasteiger partial charge in [0.1, 0.15) is 24.6 Å². The fourth-order valence-corrected chi connectivity index (χ4v) is 3.24.